The van der Waals surface area contributed by atoms with Crippen LogP contribution in [0.15, 0.2) is 30.5 Å². The molecule has 2 aliphatic heterocycles. The molecule has 0 saturated carbocycles. The second-order valence-corrected chi connectivity index (χ2v) is 8.87. The molecule has 0 aliphatic carbocycles. The number of para-hydroxylation sites is 1. The van der Waals surface area contributed by atoms with E-state index in [0.29, 0.717) is 35.6 Å². The molecule has 0 spiro atoms. The highest BCUT2D eigenvalue weighted by Gasteiger charge is 2.37. The van der Waals surface area contributed by atoms with Crippen LogP contribution in [0.1, 0.15) is 43.3 Å². The Balaban J connectivity index is 1.58. The van der Waals surface area contributed by atoms with E-state index in [4.69, 9.17) is 14.5 Å². The van der Waals surface area contributed by atoms with E-state index in [2.05, 4.69) is 20.2 Å². The number of nitrogens with zero attached hydrogens (tertiary/aromatic N) is 4. The third-order valence-corrected chi connectivity index (χ3v) is 6.38. The molecule has 3 aromatic rings. The van der Waals surface area contributed by atoms with Crippen LogP contribution in [0.4, 0.5) is 24.8 Å². The minimum Gasteiger partial charge on any atom is -0.490 e. The van der Waals surface area contributed by atoms with E-state index in [0.717, 1.165) is 30.4 Å². The number of anilines is 2. The summed E-state index contributed by atoms with van der Waals surface area (Å²) in [5.41, 5.74) is 0.338. The number of ether oxygens (including phenoxy) is 2. The lowest BCUT2D eigenvalue weighted by molar-refractivity contribution is -0.139. The fourth-order valence-electron chi connectivity index (χ4n) is 4.36. The molecular formula is C24H26F3N5O2. The van der Waals surface area contributed by atoms with Crippen LogP contribution >= 0.6 is 0 Å². The number of methoxy groups -OCH3 is 1. The van der Waals surface area contributed by atoms with Crippen molar-refractivity contribution in [3.63, 3.8) is 0 Å². The second kappa shape index (κ2) is 8.57. The molecule has 1 saturated heterocycles. The largest absolute Gasteiger partial charge is 0.490 e. The van der Waals surface area contributed by atoms with Gasteiger partial charge in [-0.25, -0.2) is 15.0 Å². The SMILES string of the molecule is COC1CN(c2cc3c4nc(nc3cn2)CC[C@@H](C)Oc2c(cccc2C(F)(F)F)[C@@H](C)N4)C1. The Kier molecular flexibility index (Phi) is 5.71. The summed E-state index contributed by atoms with van der Waals surface area (Å²) in [4.78, 5) is 16.1. The van der Waals surface area contributed by atoms with E-state index >= 15 is 0 Å². The van der Waals surface area contributed by atoms with Crippen LogP contribution in [0.2, 0.25) is 0 Å². The van der Waals surface area contributed by atoms with Gasteiger partial charge in [-0.1, -0.05) is 12.1 Å². The van der Waals surface area contributed by atoms with Gasteiger partial charge in [0, 0.05) is 37.6 Å². The van der Waals surface area contributed by atoms with Crippen LogP contribution in [0.25, 0.3) is 10.9 Å². The van der Waals surface area contributed by atoms with Gasteiger partial charge in [0.05, 0.1) is 35.5 Å². The first-order valence-electron chi connectivity index (χ1n) is 11.3. The molecule has 0 amide bonds. The van der Waals surface area contributed by atoms with Crippen molar-refractivity contribution in [2.24, 2.45) is 0 Å². The summed E-state index contributed by atoms with van der Waals surface area (Å²) in [6.07, 6.45) is -2.13. The first kappa shape index (κ1) is 22.6. The van der Waals surface area contributed by atoms with Gasteiger partial charge in [-0.2, -0.15) is 13.2 Å². The molecule has 1 aromatic carbocycles. The Morgan fingerprint density at radius 3 is 2.71 bits per heavy atom. The van der Waals surface area contributed by atoms with Gasteiger partial charge in [0.1, 0.15) is 23.2 Å². The third kappa shape index (κ3) is 4.22. The van der Waals surface area contributed by atoms with Gasteiger partial charge in [0.25, 0.3) is 0 Å². The molecule has 1 N–H and O–H groups in total. The van der Waals surface area contributed by atoms with E-state index in [9.17, 15) is 13.2 Å². The molecule has 1 fully saturated rings. The van der Waals surface area contributed by atoms with Crippen LogP contribution < -0.4 is 15.0 Å². The van der Waals surface area contributed by atoms with Crippen LogP contribution in [-0.2, 0) is 17.3 Å². The standard InChI is InChI=1S/C24H26F3N5O2/c1-13-7-8-20-30-19-10-28-21(32-11-15(12-32)33-3)9-17(19)23(31-20)29-14(2)16-5-4-6-18(22(16)34-13)24(25,26)27/h4-6,9-10,13-15H,7-8,11-12H2,1-3H3,(H,29,30,31)/t13-,14-/m1/s1. The highest BCUT2D eigenvalue weighted by atomic mass is 19.4. The Hall–Kier alpha value is -3.14. The van der Waals surface area contributed by atoms with E-state index in [1.54, 1.807) is 33.2 Å². The predicted octanol–water partition coefficient (Wildman–Crippen LogP) is 4.77. The van der Waals surface area contributed by atoms with Gasteiger partial charge in [-0.05, 0) is 32.4 Å². The van der Waals surface area contributed by atoms with E-state index in [1.165, 1.54) is 6.07 Å². The number of pyridine rings is 1. The Morgan fingerprint density at radius 2 is 1.97 bits per heavy atom. The maximum atomic E-state index is 13.8. The van der Waals surface area contributed by atoms with Gasteiger partial charge in [-0.3, -0.25) is 0 Å². The number of nitrogens with one attached hydrogen (secondary N) is 1. The second-order valence-electron chi connectivity index (χ2n) is 8.87. The third-order valence-electron chi connectivity index (χ3n) is 6.38. The van der Waals surface area contributed by atoms with Gasteiger partial charge in [0.15, 0.2) is 0 Å². The summed E-state index contributed by atoms with van der Waals surface area (Å²) < 4.78 is 52.6. The van der Waals surface area contributed by atoms with Crippen molar-refractivity contribution in [2.45, 2.75) is 51.1 Å². The van der Waals surface area contributed by atoms with Crippen molar-refractivity contribution in [3.05, 3.63) is 47.4 Å². The minimum absolute atomic E-state index is 0.136. The lowest BCUT2D eigenvalue weighted by Gasteiger charge is -2.39. The number of rotatable bonds is 2. The fraction of sp³-hybridized carbons (Fsp3) is 0.458. The zero-order valence-electron chi connectivity index (χ0n) is 19.2. The maximum Gasteiger partial charge on any atom is 0.419 e. The smallest absolute Gasteiger partial charge is 0.419 e. The number of hydrogen-bond donors (Lipinski definition) is 1. The Morgan fingerprint density at radius 1 is 1.18 bits per heavy atom. The van der Waals surface area contributed by atoms with Crippen molar-refractivity contribution in [3.8, 4) is 5.75 Å². The van der Waals surface area contributed by atoms with Crippen LogP contribution in [0, 0.1) is 0 Å². The van der Waals surface area contributed by atoms with Gasteiger partial charge >= 0.3 is 6.18 Å². The monoisotopic (exact) mass is 473 g/mol. The molecule has 180 valence electrons. The Labute approximate surface area is 195 Å². The van der Waals surface area contributed by atoms with Crippen LogP contribution in [0.5, 0.6) is 5.75 Å². The average Bonchev–Trinajstić information content (AvgIpc) is 2.77. The van der Waals surface area contributed by atoms with Crippen molar-refractivity contribution in [1.29, 1.82) is 0 Å². The normalized spacial score (nSPS) is 21.2. The zero-order valence-corrected chi connectivity index (χ0v) is 19.2. The van der Waals surface area contributed by atoms with Crippen molar-refractivity contribution < 1.29 is 22.6 Å². The number of fused-ring (bicyclic) bond motifs is 5. The lowest BCUT2D eigenvalue weighted by atomic mass is 10.0. The summed E-state index contributed by atoms with van der Waals surface area (Å²) in [7, 11) is 1.69. The summed E-state index contributed by atoms with van der Waals surface area (Å²) >= 11 is 0. The summed E-state index contributed by atoms with van der Waals surface area (Å²) in [6, 6.07) is 5.56. The number of halogens is 3. The number of hydrogen-bond acceptors (Lipinski definition) is 7. The number of alkyl halides is 3. The van der Waals surface area contributed by atoms with Crippen molar-refractivity contribution in [2.75, 3.05) is 30.4 Å². The molecule has 2 aromatic heterocycles. The first-order valence-corrected chi connectivity index (χ1v) is 11.3. The molecule has 4 heterocycles. The van der Waals surface area contributed by atoms with Crippen molar-refractivity contribution >= 4 is 22.5 Å². The molecule has 0 radical (unpaired) electrons. The van der Waals surface area contributed by atoms with Crippen LogP contribution in [-0.4, -0.2) is 47.4 Å². The fourth-order valence-corrected chi connectivity index (χ4v) is 4.36. The number of benzene rings is 1. The van der Waals surface area contributed by atoms with Crippen LogP contribution in [0.3, 0.4) is 0 Å². The number of aromatic nitrogens is 3. The molecule has 2 bridgehead atoms. The molecule has 34 heavy (non-hydrogen) atoms. The lowest BCUT2D eigenvalue weighted by Crippen LogP contribution is -2.52. The topological polar surface area (TPSA) is 72.4 Å². The number of aryl methyl sites for hydroxylation is 1. The maximum absolute atomic E-state index is 13.8. The highest BCUT2D eigenvalue weighted by Crippen LogP contribution is 2.42. The van der Waals surface area contributed by atoms with Gasteiger partial charge < -0.3 is 19.7 Å². The molecule has 0 unspecified atom stereocenters. The molecule has 2 aliphatic rings. The Bertz CT molecular complexity index is 1210. The zero-order chi connectivity index (χ0) is 24.0. The molecule has 5 rings (SSSR count). The molecule has 10 heteroatoms. The molecule has 7 nitrogen and oxygen atoms in total. The van der Waals surface area contributed by atoms with E-state index in [1.807, 2.05) is 6.07 Å². The first-order chi connectivity index (χ1) is 16.2. The molecular weight excluding hydrogens is 447 g/mol. The van der Waals surface area contributed by atoms with Crippen molar-refractivity contribution in [1.82, 2.24) is 15.0 Å². The molecule has 2 atom stereocenters. The van der Waals surface area contributed by atoms with E-state index in [-0.39, 0.29) is 11.9 Å². The quantitative estimate of drug-likeness (QED) is 0.575. The summed E-state index contributed by atoms with van der Waals surface area (Å²) in [6.45, 7) is 5.06. The summed E-state index contributed by atoms with van der Waals surface area (Å²) in [5, 5.41) is 4.09. The van der Waals surface area contributed by atoms with E-state index < -0.39 is 23.9 Å². The van der Waals surface area contributed by atoms with Gasteiger partial charge in [-0.15, -0.1) is 0 Å². The van der Waals surface area contributed by atoms with Gasteiger partial charge in [0.2, 0.25) is 0 Å². The average molecular weight is 473 g/mol. The highest BCUT2D eigenvalue weighted by molar-refractivity contribution is 5.90. The summed E-state index contributed by atoms with van der Waals surface area (Å²) in [5.74, 6) is 1.81. The minimum atomic E-state index is -4.52. The predicted molar refractivity (Wildman–Crippen MR) is 122 cm³/mol.